The van der Waals surface area contributed by atoms with Crippen molar-refractivity contribution in [2.45, 2.75) is 180 Å². The van der Waals surface area contributed by atoms with Gasteiger partial charge < -0.3 is 43.9 Å². The smallest absolute Gasteiger partial charge is 0.329 e. The number of amides is 1. The molecule has 14 heteroatoms. The largest absolute Gasteiger partial charge is 0.460 e. The van der Waals surface area contributed by atoms with E-state index in [4.69, 9.17) is 23.7 Å². The first-order valence-corrected chi connectivity index (χ1v) is 23.9. The van der Waals surface area contributed by atoms with E-state index in [0.717, 1.165) is 12.0 Å². The van der Waals surface area contributed by atoms with Gasteiger partial charge in [-0.15, -0.1) is 0 Å². The van der Waals surface area contributed by atoms with Crippen molar-refractivity contribution in [2.24, 2.45) is 35.5 Å². The number of rotatable bonds is 6. The number of ketones is 3. The Balaban J connectivity index is 1.70. The second-order valence-corrected chi connectivity index (χ2v) is 19.6. The molecule has 65 heavy (non-hydrogen) atoms. The van der Waals surface area contributed by atoms with Crippen LogP contribution in [0.15, 0.2) is 47.6 Å². The van der Waals surface area contributed by atoms with E-state index < -0.39 is 83.9 Å². The molecule has 4 aliphatic rings. The zero-order valence-electron chi connectivity index (χ0n) is 40.6. The van der Waals surface area contributed by atoms with Crippen LogP contribution in [-0.2, 0) is 47.7 Å². The van der Waals surface area contributed by atoms with Crippen LogP contribution in [0.4, 0.5) is 0 Å². The number of hydrogen-bond acceptors (Lipinski definition) is 13. The van der Waals surface area contributed by atoms with Gasteiger partial charge in [0.1, 0.15) is 30.1 Å². The molecule has 3 aliphatic heterocycles. The van der Waals surface area contributed by atoms with E-state index in [1.165, 1.54) is 12.0 Å². The lowest BCUT2D eigenvalue weighted by Crippen LogP contribution is -2.61. The number of carbonyl (C=O) groups excluding carboxylic acids is 5. The molecule has 4 rings (SSSR count). The topological polar surface area (TPSA) is 195 Å². The highest BCUT2D eigenvalue weighted by Crippen LogP contribution is 2.38. The number of piperidine rings is 1. The molecule has 0 radical (unpaired) electrons. The fraction of sp³-hybridized carbons (Fsp3) is 0.745. The van der Waals surface area contributed by atoms with Crippen molar-refractivity contribution < 1.29 is 63.0 Å². The number of fused-ring (bicyclic) bond motifs is 3. The summed E-state index contributed by atoms with van der Waals surface area (Å²) in [6, 6.07) is -1.14. The second-order valence-electron chi connectivity index (χ2n) is 19.6. The van der Waals surface area contributed by atoms with Gasteiger partial charge in [0, 0.05) is 58.5 Å². The number of hydrogen-bond donors (Lipinski definition) is 3. The summed E-state index contributed by atoms with van der Waals surface area (Å²) in [5, 5.41) is 33.8. The summed E-state index contributed by atoms with van der Waals surface area (Å²) in [6.07, 6.45) is 11.2. The minimum absolute atomic E-state index is 0.0193. The van der Waals surface area contributed by atoms with Crippen LogP contribution in [0.3, 0.4) is 0 Å². The molecule has 2 saturated heterocycles. The van der Waals surface area contributed by atoms with Gasteiger partial charge in [0.2, 0.25) is 5.79 Å². The predicted molar refractivity (Wildman–Crippen MR) is 245 cm³/mol. The lowest BCUT2D eigenvalue weighted by molar-refractivity contribution is -0.265. The van der Waals surface area contributed by atoms with Crippen molar-refractivity contribution >= 4 is 29.2 Å². The van der Waals surface area contributed by atoms with Gasteiger partial charge in [0.25, 0.3) is 11.7 Å². The van der Waals surface area contributed by atoms with Gasteiger partial charge in [-0.1, -0.05) is 71.1 Å². The maximum atomic E-state index is 14.4. The Hall–Kier alpha value is -3.37. The number of methoxy groups -OCH3 is 3. The van der Waals surface area contributed by atoms with Crippen molar-refractivity contribution in [3.63, 3.8) is 0 Å². The molecule has 0 spiro atoms. The number of Topliss-reactive ketones (excluding diaryl/α,β-unsaturated/α-hetero) is 3. The first kappa shape index (κ1) is 54.2. The Morgan fingerprint density at radius 2 is 1.57 bits per heavy atom. The molecule has 3 heterocycles. The van der Waals surface area contributed by atoms with Gasteiger partial charge >= 0.3 is 5.97 Å². The van der Waals surface area contributed by atoms with Crippen molar-refractivity contribution in [3.05, 3.63) is 47.6 Å². The molecule has 0 aromatic rings. The Kier molecular flexibility index (Phi) is 21.0. The van der Waals surface area contributed by atoms with Crippen LogP contribution in [0.25, 0.3) is 0 Å². The molecule has 3 fully saturated rings. The van der Waals surface area contributed by atoms with Crippen LogP contribution in [0.2, 0.25) is 0 Å². The molecule has 1 amide bonds. The summed E-state index contributed by atoms with van der Waals surface area (Å²) in [7, 11) is 4.52. The fourth-order valence-electron chi connectivity index (χ4n) is 10.1. The molecule has 366 valence electrons. The van der Waals surface area contributed by atoms with Crippen molar-refractivity contribution in [3.8, 4) is 0 Å². The van der Waals surface area contributed by atoms with E-state index in [0.29, 0.717) is 63.4 Å². The van der Waals surface area contributed by atoms with E-state index in [9.17, 15) is 39.3 Å². The predicted octanol–water partition coefficient (Wildman–Crippen LogP) is 6.18. The SMILES string of the molecule is CO[C@H]1C[C@@H]2CC[C@@H](C)[C@@](O)(O2)C(=O)C(=O)N2CCCC[C@H]2C(=O)O[C@H]([C@@H](C)C[C@@H]2CCC(O)[C@H](OC)C2)CC(=O)[C@H](C)C=C(C)[C@@H](O)[C@@H](OC)C(=O)[C@H](C)CC(C)C=CC=CC=C1C. The Labute approximate surface area is 387 Å². The number of aliphatic hydroxyl groups excluding tert-OH is 2. The van der Waals surface area contributed by atoms with Crippen LogP contribution in [0.5, 0.6) is 0 Å². The number of allylic oxidation sites excluding steroid dienone is 6. The molecule has 3 N–H and O–H groups in total. The highest BCUT2D eigenvalue weighted by Gasteiger charge is 2.53. The summed E-state index contributed by atoms with van der Waals surface area (Å²) in [5.74, 6) is -7.96. The molecule has 1 aliphatic carbocycles. The molecule has 2 bridgehead atoms. The zero-order valence-corrected chi connectivity index (χ0v) is 40.6. The minimum atomic E-state index is -2.43. The quantitative estimate of drug-likeness (QED) is 0.156. The maximum Gasteiger partial charge on any atom is 0.329 e. The number of aliphatic hydroxyl groups is 3. The molecule has 0 aromatic heterocycles. The highest BCUT2D eigenvalue weighted by molar-refractivity contribution is 6.39. The number of nitrogens with zero attached hydrogens (tertiary/aromatic N) is 1. The molecule has 15 atom stereocenters. The van der Waals surface area contributed by atoms with Crippen molar-refractivity contribution in [1.29, 1.82) is 0 Å². The molecule has 14 nitrogen and oxygen atoms in total. The summed E-state index contributed by atoms with van der Waals surface area (Å²) in [6.45, 7) is 12.7. The molecule has 2 unspecified atom stereocenters. The van der Waals surface area contributed by atoms with Gasteiger partial charge in [0.15, 0.2) is 5.78 Å². The van der Waals surface area contributed by atoms with Crippen molar-refractivity contribution in [1.82, 2.24) is 4.90 Å². The van der Waals surface area contributed by atoms with E-state index >= 15 is 0 Å². The second kappa shape index (κ2) is 25.1. The van der Waals surface area contributed by atoms with Gasteiger partial charge in [-0.2, -0.15) is 0 Å². The Morgan fingerprint density at radius 3 is 2.25 bits per heavy atom. The normalized spacial score (nSPS) is 37.8. The third-order valence-corrected chi connectivity index (χ3v) is 14.5. The fourth-order valence-corrected chi connectivity index (χ4v) is 10.1. The first-order valence-electron chi connectivity index (χ1n) is 23.9. The number of ether oxygens (including phenoxy) is 5. The highest BCUT2D eigenvalue weighted by atomic mass is 16.6. The zero-order chi connectivity index (χ0) is 48.2. The van der Waals surface area contributed by atoms with Gasteiger partial charge in [-0.05, 0) is 107 Å². The third-order valence-electron chi connectivity index (χ3n) is 14.5. The van der Waals surface area contributed by atoms with Gasteiger partial charge in [0.05, 0.1) is 24.4 Å². The summed E-state index contributed by atoms with van der Waals surface area (Å²) in [4.78, 5) is 71.8. The van der Waals surface area contributed by atoms with E-state index in [2.05, 4.69) is 0 Å². The lowest BCUT2D eigenvalue weighted by Gasteiger charge is -2.42. The van der Waals surface area contributed by atoms with Crippen LogP contribution in [0, 0.1) is 35.5 Å². The average Bonchev–Trinajstić information content (AvgIpc) is 3.28. The van der Waals surface area contributed by atoms with Crippen LogP contribution in [-0.4, -0.2) is 132 Å². The maximum absolute atomic E-state index is 14.4. The van der Waals surface area contributed by atoms with E-state index in [-0.39, 0.29) is 54.8 Å². The molecule has 0 aromatic carbocycles. The van der Waals surface area contributed by atoms with Gasteiger partial charge in [-0.25, -0.2) is 4.79 Å². The van der Waals surface area contributed by atoms with E-state index in [1.54, 1.807) is 41.1 Å². The first-order chi connectivity index (χ1) is 30.7. The average molecular weight is 914 g/mol. The van der Waals surface area contributed by atoms with Gasteiger partial charge in [-0.3, -0.25) is 19.2 Å². The molecule has 1 saturated carbocycles. The van der Waals surface area contributed by atoms with E-state index in [1.807, 2.05) is 58.1 Å². The van der Waals surface area contributed by atoms with Crippen molar-refractivity contribution in [2.75, 3.05) is 27.9 Å². The number of carbonyl (C=O) groups is 5. The molecular formula is C51H79NO13. The monoisotopic (exact) mass is 914 g/mol. The Morgan fingerprint density at radius 1 is 0.846 bits per heavy atom. The number of esters is 1. The van der Waals surface area contributed by atoms with Crippen LogP contribution in [0.1, 0.15) is 126 Å². The lowest BCUT2D eigenvalue weighted by atomic mass is 9.78. The number of cyclic esters (lactones) is 1. The summed E-state index contributed by atoms with van der Waals surface area (Å²) >= 11 is 0. The Bertz CT molecular complexity index is 1760. The summed E-state index contributed by atoms with van der Waals surface area (Å²) < 4.78 is 29.4. The standard InChI is InChI=1S/C51H79NO13/c1-30-16-12-11-13-17-31(2)42(61-8)28-38-21-19-36(7)51(60,65-38)48(57)49(58)52-23-15-14-18-39(52)50(59)64-43(33(4)26-37-20-22-40(53)44(27-37)62-9)29-41(54)32(3)25-35(6)46(56)47(63-10)45(55)34(5)24-30/h11-13,16-17,25,30,32-34,36-40,42-44,46-47,53,56,60H,14-15,18-24,26-29H2,1-10H3/t30?,32-,33+,34-,36-,37+,38+,39+,40?,42+,43+,44-,46-,47+,51-/m1/s1. The molecular weight excluding hydrogens is 835 g/mol. The minimum Gasteiger partial charge on any atom is -0.460 e. The van der Waals surface area contributed by atoms with Crippen LogP contribution < -0.4 is 0 Å². The summed E-state index contributed by atoms with van der Waals surface area (Å²) in [5.41, 5.74) is 1.27. The van der Waals surface area contributed by atoms with Crippen LogP contribution >= 0.6 is 0 Å². The third kappa shape index (κ3) is 14.3.